The zero-order valence-corrected chi connectivity index (χ0v) is 12.7. The van der Waals surface area contributed by atoms with Gasteiger partial charge in [-0.05, 0) is 41.8 Å². The van der Waals surface area contributed by atoms with Crippen molar-refractivity contribution in [1.29, 1.82) is 0 Å². The lowest BCUT2D eigenvalue weighted by Gasteiger charge is -2.13. The Bertz CT molecular complexity index is 578. The highest BCUT2D eigenvalue weighted by molar-refractivity contribution is 9.10. The summed E-state index contributed by atoms with van der Waals surface area (Å²) >= 11 is 3.52. The third kappa shape index (κ3) is 3.07. The van der Waals surface area contributed by atoms with Crippen LogP contribution < -0.4 is 4.74 Å². The molecule has 3 rings (SSSR count). The van der Waals surface area contributed by atoms with Gasteiger partial charge in [0.05, 0.1) is 19.0 Å². The summed E-state index contributed by atoms with van der Waals surface area (Å²) in [5.41, 5.74) is 2.31. The monoisotopic (exact) mass is 336 g/mol. The first-order valence-corrected chi connectivity index (χ1v) is 7.66. The number of fused-ring (bicyclic) bond motifs is 1. The molecule has 106 valence electrons. The Balaban J connectivity index is 1.65. The van der Waals surface area contributed by atoms with Crippen LogP contribution in [0.25, 0.3) is 0 Å². The molecule has 0 spiro atoms. The molecular formula is C16H17BrO3. The van der Waals surface area contributed by atoms with Crippen LogP contribution >= 0.6 is 15.9 Å². The fraction of sp³-hybridized carbons (Fsp3) is 0.375. The molecule has 0 fully saturated rings. The molecule has 4 heteroatoms. The standard InChI is InChI=1S/C16H17BrO3/c17-13-8-11-5-7-20-16(11)12(9-13)10-14(18)3-4-15-2-1-6-19-15/h1-2,6,8-9,14,18H,3-5,7,10H2. The first kappa shape index (κ1) is 13.7. The Hall–Kier alpha value is -1.26. The van der Waals surface area contributed by atoms with Crippen LogP contribution in [-0.2, 0) is 19.3 Å². The van der Waals surface area contributed by atoms with Crippen molar-refractivity contribution in [3.63, 3.8) is 0 Å². The number of aryl methyl sites for hydroxylation is 1. The molecule has 1 unspecified atom stereocenters. The summed E-state index contributed by atoms with van der Waals surface area (Å²) in [4.78, 5) is 0. The van der Waals surface area contributed by atoms with Gasteiger partial charge in [0.1, 0.15) is 11.5 Å². The smallest absolute Gasteiger partial charge is 0.125 e. The molecule has 2 aromatic rings. The van der Waals surface area contributed by atoms with Crippen molar-refractivity contribution < 1.29 is 14.3 Å². The first-order chi connectivity index (χ1) is 9.72. The number of halogens is 1. The van der Waals surface area contributed by atoms with Gasteiger partial charge in [-0.1, -0.05) is 15.9 Å². The van der Waals surface area contributed by atoms with Gasteiger partial charge in [0.25, 0.3) is 0 Å². The van der Waals surface area contributed by atoms with Gasteiger partial charge in [0.2, 0.25) is 0 Å². The van der Waals surface area contributed by atoms with E-state index in [1.165, 1.54) is 5.56 Å². The van der Waals surface area contributed by atoms with Gasteiger partial charge in [-0.2, -0.15) is 0 Å². The summed E-state index contributed by atoms with van der Waals surface area (Å²) in [5.74, 6) is 1.88. The maximum absolute atomic E-state index is 10.2. The lowest BCUT2D eigenvalue weighted by Crippen LogP contribution is -2.12. The highest BCUT2D eigenvalue weighted by Crippen LogP contribution is 2.34. The van der Waals surface area contributed by atoms with Gasteiger partial charge in [0, 0.05) is 23.7 Å². The molecule has 0 saturated heterocycles. The van der Waals surface area contributed by atoms with E-state index in [0.717, 1.165) is 41.0 Å². The van der Waals surface area contributed by atoms with Crippen molar-refractivity contribution in [3.8, 4) is 5.75 Å². The highest BCUT2D eigenvalue weighted by atomic mass is 79.9. The van der Waals surface area contributed by atoms with E-state index >= 15 is 0 Å². The number of furan rings is 1. The van der Waals surface area contributed by atoms with E-state index in [9.17, 15) is 5.11 Å². The van der Waals surface area contributed by atoms with Crippen LogP contribution in [0.4, 0.5) is 0 Å². The van der Waals surface area contributed by atoms with Gasteiger partial charge < -0.3 is 14.3 Å². The van der Waals surface area contributed by atoms with Gasteiger partial charge in [-0.15, -0.1) is 0 Å². The maximum Gasteiger partial charge on any atom is 0.125 e. The Morgan fingerprint density at radius 1 is 1.35 bits per heavy atom. The van der Waals surface area contributed by atoms with E-state index < -0.39 is 0 Å². The average Bonchev–Trinajstić information content (AvgIpc) is 3.06. The van der Waals surface area contributed by atoms with Crippen molar-refractivity contribution in [2.75, 3.05) is 6.61 Å². The second-order valence-corrected chi connectivity index (χ2v) is 6.04. The molecular weight excluding hydrogens is 320 g/mol. The van der Waals surface area contributed by atoms with Crippen molar-refractivity contribution >= 4 is 15.9 Å². The predicted molar refractivity (Wildman–Crippen MR) is 80.1 cm³/mol. The first-order valence-electron chi connectivity index (χ1n) is 6.87. The average molecular weight is 337 g/mol. The number of aliphatic hydroxyl groups is 1. The summed E-state index contributed by atoms with van der Waals surface area (Å²) in [7, 11) is 0. The SMILES string of the molecule is OC(CCc1ccco1)Cc1cc(Br)cc2c1OCC2. The van der Waals surface area contributed by atoms with Crippen LogP contribution in [0.3, 0.4) is 0 Å². The minimum atomic E-state index is -0.386. The van der Waals surface area contributed by atoms with Crippen LogP contribution in [0.2, 0.25) is 0 Å². The third-order valence-corrected chi connectivity index (χ3v) is 4.04. The molecule has 0 aliphatic carbocycles. The number of hydrogen-bond acceptors (Lipinski definition) is 3. The molecule has 0 bridgehead atoms. The second-order valence-electron chi connectivity index (χ2n) is 5.13. The molecule has 2 heterocycles. The fourth-order valence-corrected chi connectivity index (χ4v) is 3.17. The summed E-state index contributed by atoms with van der Waals surface area (Å²) in [5, 5.41) is 10.2. The molecule has 1 aliphatic rings. The third-order valence-electron chi connectivity index (χ3n) is 3.58. The molecule has 0 amide bonds. The van der Waals surface area contributed by atoms with E-state index in [4.69, 9.17) is 9.15 Å². The Kier molecular flexibility index (Phi) is 4.13. The Morgan fingerprint density at radius 2 is 2.25 bits per heavy atom. The number of ether oxygens (including phenoxy) is 1. The van der Waals surface area contributed by atoms with Gasteiger partial charge in [-0.25, -0.2) is 0 Å². The van der Waals surface area contributed by atoms with Crippen molar-refractivity contribution in [2.45, 2.75) is 31.8 Å². The summed E-state index contributed by atoms with van der Waals surface area (Å²) < 4.78 is 12.0. The molecule has 3 nitrogen and oxygen atoms in total. The summed E-state index contributed by atoms with van der Waals surface area (Å²) in [6.45, 7) is 0.737. The van der Waals surface area contributed by atoms with Crippen LogP contribution in [-0.4, -0.2) is 17.8 Å². The minimum absolute atomic E-state index is 0.386. The number of rotatable bonds is 5. The molecule has 20 heavy (non-hydrogen) atoms. The number of benzene rings is 1. The molecule has 1 aliphatic heterocycles. The molecule has 0 saturated carbocycles. The Morgan fingerprint density at radius 3 is 3.05 bits per heavy atom. The van der Waals surface area contributed by atoms with E-state index in [1.807, 2.05) is 18.2 Å². The Labute approximate surface area is 126 Å². The zero-order chi connectivity index (χ0) is 13.9. The second kappa shape index (κ2) is 6.02. The number of aliphatic hydroxyl groups excluding tert-OH is 1. The van der Waals surface area contributed by atoms with Gasteiger partial charge >= 0.3 is 0 Å². The fourth-order valence-electron chi connectivity index (χ4n) is 2.62. The maximum atomic E-state index is 10.2. The van der Waals surface area contributed by atoms with E-state index in [0.29, 0.717) is 12.8 Å². The van der Waals surface area contributed by atoms with E-state index in [2.05, 4.69) is 22.0 Å². The molecule has 0 radical (unpaired) electrons. The predicted octanol–water partition coefficient (Wildman–Crippen LogP) is 3.51. The molecule has 1 aromatic carbocycles. The highest BCUT2D eigenvalue weighted by Gasteiger charge is 2.19. The van der Waals surface area contributed by atoms with Gasteiger partial charge in [0.15, 0.2) is 0 Å². The number of hydrogen-bond donors (Lipinski definition) is 1. The van der Waals surface area contributed by atoms with Crippen molar-refractivity contribution in [3.05, 3.63) is 51.9 Å². The van der Waals surface area contributed by atoms with E-state index in [1.54, 1.807) is 6.26 Å². The van der Waals surface area contributed by atoms with Crippen LogP contribution in [0.1, 0.15) is 23.3 Å². The molecule has 1 atom stereocenters. The lowest BCUT2D eigenvalue weighted by atomic mass is 10.0. The quantitative estimate of drug-likeness (QED) is 0.908. The minimum Gasteiger partial charge on any atom is -0.493 e. The largest absolute Gasteiger partial charge is 0.493 e. The summed E-state index contributed by atoms with van der Waals surface area (Å²) in [6.07, 6.45) is 4.28. The lowest BCUT2D eigenvalue weighted by molar-refractivity contribution is 0.161. The summed E-state index contributed by atoms with van der Waals surface area (Å²) in [6, 6.07) is 7.95. The topological polar surface area (TPSA) is 42.6 Å². The zero-order valence-electron chi connectivity index (χ0n) is 11.1. The van der Waals surface area contributed by atoms with Crippen molar-refractivity contribution in [2.24, 2.45) is 0 Å². The molecule has 1 aromatic heterocycles. The van der Waals surface area contributed by atoms with Crippen LogP contribution in [0.5, 0.6) is 5.75 Å². The molecule has 1 N–H and O–H groups in total. The van der Waals surface area contributed by atoms with Gasteiger partial charge in [-0.3, -0.25) is 0 Å². The van der Waals surface area contributed by atoms with Crippen LogP contribution in [0, 0.1) is 0 Å². The van der Waals surface area contributed by atoms with Crippen molar-refractivity contribution in [1.82, 2.24) is 0 Å². The van der Waals surface area contributed by atoms with Crippen LogP contribution in [0.15, 0.2) is 39.4 Å². The normalized spacial score (nSPS) is 14.9. The van der Waals surface area contributed by atoms with E-state index in [-0.39, 0.29) is 6.10 Å².